The molecule has 0 fully saturated rings. The predicted octanol–water partition coefficient (Wildman–Crippen LogP) is 3.51. The smallest absolute Gasteiger partial charge is 0.144 e. The first-order chi connectivity index (χ1) is 9.10. The largest absolute Gasteiger partial charge is 0.457 e. The quantitative estimate of drug-likeness (QED) is 0.914. The molecule has 96 valence electrons. The van der Waals surface area contributed by atoms with E-state index >= 15 is 0 Å². The molecular formula is C15H13FN2O. The molecule has 0 saturated carbocycles. The zero-order valence-electron chi connectivity index (χ0n) is 10.4. The van der Waals surface area contributed by atoms with E-state index in [4.69, 9.17) is 15.7 Å². The van der Waals surface area contributed by atoms with Gasteiger partial charge in [0.1, 0.15) is 23.4 Å². The van der Waals surface area contributed by atoms with E-state index in [0.29, 0.717) is 11.5 Å². The maximum absolute atomic E-state index is 13.4. The topological polar surface area (TPSA) is 59.0 Å². The summed E-state index contributed by atoms with van der Waals surface area (Å²) in [6.45, 7) is 1.88. The number of ether oxygens (including phenoxy) is 1. The summed E-state index contributed by atoms with van der Waals surface area (Å²) in [4.78, 5) is 0. The van der Waals surface area contributed by atoms with E-state index in [1.54, 1.807) is 24.3 Å². The fourth-order valence-electron chi connectivity index (χ4n) is 1.65. The van der Waals surface area contributed by atoms with Crippen molar-refractivity contribution >= 4 is 0 Å². The van der Waals surface area contributed by atoms with Crippen molar-refractivity contribution in [2.24, 2.45) is 5.73 Å². The molecule has 0 saturated heterocycles. The summed E-state index contributed by atoms with van der Waals surface area (Å²) in [5.41, 5.74) is 6.72. The molecule has 0 bridgehead atoms. The summed E-state index contributed by atoms with van der Waals surface area (Å²) in [6.07, 6.45) is 0. The highest BCUT2D eigenvalue weighted by Crippen LogP contribution is 2.25. The van der Waals surface area contributed by atoms with Gasteiger partial charge in [-0.2, -0.15) is 5.26 Å². The van der Waals surface area contributed by atoms with Crippen LogP contribution in [0.25, 0.3) is 0 Å². The molecule has 2 rings (SSSR count). The fraction of sp³-hybridized carbons (Fsp3) is 0.133. The highest BCUT2D eigenvalue weighted by Gasteiger charge is 2.06. The Labute approximate surface area is 111 Å². The van der Waals surface area contributed by atoms with E-state index in [9.17, 15) is 4.39 Å². The van der Waals surface area contributed by atoms with E-state index in [2.05, 4.69) is 0 Å². The van der Waals surface area contributed by atoms with Gasteiger partial charge in [0.05, 0.1) is 5.56 Å². The fourth-order valence-corrected chi connectivity index (χ4v) is 1.65. The maximum Gasteiger partial charge on any atom is 0.144 e. The Morgan fingerprint density at radius 2 is 1.95 bits per heavy atom. The van der Waals surface area contributed by atoms with Crippen molar-refractivity contribution in [2.75, 3.05) is 0 Å². The first kappa shape index (κ1) is 13.1. The Morgan fingerprint density at radius 3 is 2.58 bits per heavy atom. The normalized spacial score (nSPS) is 11.7. The number of nitrogens with zero attached hydrogens (tertiary/aromatic N) is 1. The molecule has 2 N–H and O–H groups in total. The molecule has 2 aromatic carbocycles. The van der Waals surface area contributed by atoms with Crippen LogP contribution < -0.4 is 10.5 Å². The molecule has 0 aliphatic rings. The van der Waals surface area contributed by atoms with Crippen LogP contribution in [-0.2, 0) is 0 Å². The molecule has 0 aliphatic heterocycles. The van der Waals surface area contributed by atoms with Gasteiger partial charge < -0.3 is 10.5 Å². The van der Waals surface area contributed by atoms with Gasteiger partial charge >= 0.3 is 0 Å². The molecule has 0 heterocycles. The molecule has 1 unspecified atom stereocenters. The van der Waals surface area contributed by atoms with Crippen LogP contribution in [0.3, 0.4) is 0 Å². The molecule has 4 heteroatoms. The number of halogens is 1. The van der Waals surface area contributed by atoms with E-state index in [1.807, 2.05) is 19.1 Å². The summed E-state index contributed by atoms with van der Waals surface area (Å²) in [5, 5.41) is 8.65. The van der Waals surface area contributed by atoms with Crippen LogP contribution in [0.4, 0.5) is 4.39 Å². The number of hydrogen-bond acceptors (Lipinski definition) is 3. The van der Waals surface area contributed by atoms with Crippen LogP contribution in [0.5, 0.6) is 11.5 Å². The molecule has 0 amide bonds. The van der Waals surface area contributed by atoms with E-state index in [-0.39, 0.29) is 11.6 Å². The molecule has 0 spiro atoms. The van der Waals surface area contributed by atoms with Gasteiger partial charge in [-0.1, -0.05) is 12.1 Å². The van der Waals surface area contributed by atoms with E-state index in [1.165, 1.54) is 12.1 Å². The Balaban J connectivity index is 2.24. The lowest BCUT2D eigenvalue weighted by Gasteiger charge is -2.10. The van der Waals surface area contributed by atoms with Crippen molar-refractivity contribution in [1.82, 2.24) is 0 Å². The van der Waals surface area contributed by atoms with Crippen molar-refractivity contribution < 1.29 is 9.13 Å². The first-order valence-corrected chi connectivity index (χ1v) is 5.83. The lowest BCUT2D eigenvalue weighted by atomic mass is 10.1. The molecule has 2 aromatic rings. The number of nitrogens with two attached hydrogens (primary N) is 1. The molecule has 0 radical (unpaired) electrons. The Hall–Kier alpha value is -2.38. The first-order valence-electron chi connectivity index (χ1n) is 5.83. The third-order valence-electron chi connectivity index (χ3n) is 2.68. The van der Waals surface area contributed by atoms with Gasteiger partial charge in [-0.25, -0.2) is 4.39 Å². The third kappa shape index (κ3) is 3.09. The average Bonchev–Trinajstić information content (AvgIpc) is 2.39. The second-order valence-electron chi connectivity index (χ2n) is 4.22. The van der Waals surface area contributed by atoms with Gasteiger partial charge in [-0.15, -0.1) is 0 Å². The van der Waals surface area contributed by atoms with Gasteiger partial charge in [0.2, 0.25) is 0 Å². The van der Waals surface area contributed by atoms with Crippen LogP contribution >= 0.6 is 0 Å². The summed E-state index contributed by atoms with van der Waals surface area (Å²) in [5.74, 6) is 0.334. The van der Waals surface area contributed by atoms with Crippen LogP contribution in [0.2, 0.25) is 0 Å². The third-order valence-corrected chi connectivity index (χ3v) is 2.68. The van der Waals surface area contributed by atoms with E-state index < -0.39 is 5.82 Å². The minimum Gasteiger partial charge on any atom is -0.457 e. The van der Waals surface area contributed by atoms with Crippen LogP contribution in [0.1, 0.15) is 24.1 Å². The molecule has 0 aliphatic carbocycles. The molecule has 19 heavy (non-hydrogen) atoms. The zero-order chi connectivity index (χ0) is 13.8. The predicted molar refractivity (Wildman–Crippen MR) is 70.2 cm³/mol. The average molecular weight is 256 g/mol. The van der Waals surface area contributed by atoms with Gasteiger partial charge in [0.15, 0.2) is 0 Å². The summed E-state index contributed by atoms with van der Waals surface area (Å²) < 4.78 is 19.0. The Bertz CT molecular complexity index is 632. The van der Waals surface area contributed by atoms with Gasteiger partial charge in [-0.3, -0.25) is 0 Å². The zero-order valence-corrected chi connectivity index (χ0v) is 10.4. The standard InChI is InChI=1S/C15H13FN2O/c1-10(18)11-3-2-4-13(7-11)19-14-6-5-12(9-17)15(16)8-14/h2-8,10H,18H2,1H3. The number of rotatable bonds is 3. The molecule has 1 atom stereocenters. The minimum atomic E-state index is -0.594. The van der Waals surface area contributed by atoms with Crippen molar-refractivity contribution in [2.45, 2.75) is 13.0 Å². The second kappa shape index (κ2) is 5.51. The van der Waals surface area contributed by atoms with Gasteiger partial charge in [0, 0.05) is 12.1 Å². The number of nitriles is 1. The molecule has 3 nitrogen and oxygen atoms in total. The van der Waals surface area contributed by atoms with Crippen LogP contribution in [-0.4, -0.2) is 0 Å². The lowest BCUT2D eigenvalue weighted by Crippen LogP contribution is -2.04. The van der Waals surface area contributed by atoms with Crippen molar-refractivity contribution in [3.05, 3.63) is 59.4 Å². The lowest BCUT2D eigenvalue weighted by molar-refractivity contribution is 0.475. The van der Waals surface area contributed by atoms with Crippen LogP contribution in [0, 0.1) is 17.1 Å². The maximum atomic E-state index is 13.4. The summed E-state index contributed by atoms with van der Waals surface area (Å²) >= 11 is 0. The monoisotopic (exact) mass is 256 g/mol. The van der Waals surface area contributed by atoms with E-state index in [0.717, 1.165) is 5.56 Å². The van der Waals surface area contributed by atoms with Crippen molar-refractivity contribution in [1.29, 1.82) is 5.26 Å². The van der Waals surface area contributed by atoms with Crippen LogP contribution in [0.15, 0.2) is 42.5 Å². The summed E-state index contributed by atoms with van der Waals surface area (Å²) in [6, 6.07) is 13.1. The Kier molecular flexibility index (Phi) is 3.79. The van der Waals surface area contributed by atoms with Gasteiger partial charge in [-0.05, 0) is 36.8 Å². The Morgan fingerprint density at radius 1 is 1.21 bits per heavy atom. The SMILES string of the molecule is CC(N)c1cccc(Oc2ccc(C#N)c(F)c2)c1. The minimum absolute atomic E-state index is 0.00307. The van der Waals surface area contributed by atoms with Gasteiger partial charge in [0.25, 0.3) is 0 Å². The highest BCUT2D eigenvalue weighted by atomic mass is 19.1. The highest BCUT2D eigenvalue weighted by molar-refractivity contribution is 5.39. The molecular weight excluding hydrogens is 243 g/mol. The molecule has 0 aromatic heterocycles. The van der Waals surface area contributed by atoms with Crippen molar-refractivity contribution in [3.8, 4) is 17.6 Å². The summed E-state index contributed by atoms with van der Waals surface area (Å²) in [7, 11) is 0. The number of benzene rings is 2. The van der Waals surface area contributed by atoms with Crippen molar-refractivity contribution in [3.63, 3.8) is 0 Å². The number of hydrogen-bond donors (Lipinski definition) is 1. The second-order valence-corrected chi connectivity index (χ2v) is 4.22.